The fourth-order valence-corrected chi connectivity index (χ4v) is 2.80. The smallest absolute Gasteiger partial charge is 0.325 e. The Morgan fingerprint density at radius 1 is 1.30 bits per heavy atom. The second kappa shape index (κ2) is 9.35. The highest BCUT2D eigenvalue weighted by Crippen LogP contribution is 2.21. The van der Waals surface area contributed by atoms with Crippen LogP contribution in [-0.4, -0.2) is 37.9 Å². The minimum Gasteiger partial charge on any atom is -0.468 e. The Bertz CT molecular complexity index is 277. The van der Waals surface area contributed by atoms with Crippen molar-refractivity contribution in [3.8, 4) is 0 Å². The van der Waals surface area contributed by atoms with E-state index in [2.05, 4.69) is 12.2 Å². The molecule has 0 bridgehead atoms. The third kappa shape index (κ3) is 5.80. The van der Waals surface area contributed by atoms with Crippen molar-refractivity contribution < 1.29 is 14.3 Å². The van der Waals surface area contributed by atoms with Crippen LogP contribution in [0.15, 0.2) is 0 Å². The van der Waals surface area contributed by atoms with Crippen molar-refractivity contribution in [3.05, 3.63) is 0 Å². The third-order valence-electron chi connectivity index (χ3n) is 4.13. The molecule has 1 atom stereocenters. The molecule has 0 amide bonds. The molecule has 1 aliphatic rings. The van der Waals surface area contributed by atoms with E-state index in [4.69, 9.17) is 9.47 Å². The molecule has 0 saturated heterocycles. The van der Waals surface area contributed by atoms with Crippen LogP contribution in [0.2, 0.25) is 0 Å². The molecule has 20 heavy (non-hydrogen) atoms. The average molecular weight is 285 g/mol. The summed E-state index contributed by atoms with van der Waals surface area (Å²) in [7, 11) is 1.45. The van der Waals surface area contributed by atoms with E-state index in [1.54, 1.807) is 0 Å². The lowest BCUT2D eigenvalue weighted by Gasteiger charge is -2.28. The van der Waals surface area contributed by atoms with Gasteiger partial charge in [0.25, 0.3) is 0 Å². The van der Waals surface area contributed by atoms with E-state index in [9.17, 15) is 4.79 Å². The molecular weight excluding hydrogens is 254 g/mol. The first kappa shape index (κ1) is 17.4. The fraction of sp³-hybridized carbons (Fsp3) is 0.938. The lowest BCUT2D eigenvalue weighted by molar-refractivity contribution is -0.148. The maximum Gasteiger partial charge on any atom is 0.325 e. The predicted octanol–water partition coefficient (Wildman–Crippen LogP) is 3.05. The molecule has 1 unspecified atom stereocenters. The van der Waals surface area contributed by atoms with Crippen LogP contribution in [0.25, 0.3) is 0 Å². The van der Waals surface area contributed by atoms with Crippen molar-refractivity contribution in [2.45, 2.75) is 76.9 Å². The molecule has 1 N–H and O–H groups in total. The summed E-state index contributed by atoms with van der Waals surface area (Å²) in [5, 5.41) is 3.30. The van der Waals surface area contributed by atoms with Gasteiger partial charge in [-0.1, -0.05) is 26.2 Å². The van der Waals surface area contributed by atoms with Gasteiger partial charge in [-0.05, 0) is 45.6 Å². The van der Waals surface area contributed by atoms with E-state index in [0.717, 1.165) is 32.4 Å². The third-order valence-corrected chi connectivity index (χ3v) is 4.13. The van der Waals surface area contributed by atoms with Crippen molar-refractivity contribution in [1.82, 2.24) is 5.32 Å². The molecule has 1 aliphatic carbocycles. The fourth-order valence-electron chi connectivity index (χ4n) is 2.80. The van der Waals surface area contributed by atoms with Crippen molar-refractivity contribution in [1.29, 1.82) is 0 Å². The number of ether oxygens (including phenoxy) is 2. The number of carbonyl (C=O) groups is 1. The summed E-state index contributed by atoms with van der Waals surface area (Å²) in [6, 6.07) is 0. The largest absolute Gasteiger partial charge is 0.468 e. The van der Waals surface area contributed by atoms with Crippen LogP contribution in [0, 0.1) is 0 Å². The number of methoxy groups -OCH3 is 1. The van der Waals surface area contributed by atoms with Crippen LogP contribution in [0.5, 0.6) is 0 Å². The predicted molar refractivity (Wildman–Crippen MR) is 80.8 cm³/mol. The summed E-state index contributed by atoms with van der Waals surface area (Å²) in [5.41, 5.74) is -0.583. The molecule has 0 aromatic rings. The molecule has 0 radical (unpaired) electrons. The molecule has 0 aromatic carbocycles. The first-order valence-electron chi connectivity index (χ1n) is 8.07. The zero-order chi connectivity index (χ0) is 14.8. The summed E-state index contributed by atoms with van der Waals surface area (Å²) < 4.78 is 10.8. The zero-order valence-corrected chi connectivity index (χ0v) is 13.4. The highest BCUT2D eigenvalue weighted by molar-refractivity contribution is 5.80. The summed E-state index contributed by atoms with van der Waals surface area (Å²) in [6.45, 7) is 5.59. The molecule has 0 aliphatic heterocycles. The standard InChI is InChI=1S/C16H31NO3/c1-4-12-17-16(2,15(18)19-3)11-8-13-20-14-9-6-5-7-10-14/h14,17H,4-13H2,1-3H3. The number of hydrogen-bond acceptors (Lipinski definition) is 4. The number of hydrogen-bond donors (Lipinski definition) is 1. The first-order chi connectivity index (χ1) is 9.62. The normalized spacial score (nSPS) is 19.6. The second-order valence-electron chi connectivity index (χ2n) is 5.98. The van der Waals surface area contributed by atoms with Gasteiger partial charge in [0.2, 0.25) is 0 Å². The van der Waals surface area contributed by atoms with Gasteiger partial charge in [0, 0.05) is 6.61 Å². The van der Waals surface area contributed by atoms with Crippen molar-refractivity contribution in [3.63, 3.8) is 0 Å². The lowest BCUT2D eigenvalue weighted by atomic mass is 9.95. The quantitative estimate of drug-likeness (QED) is 0.522. The maximum atomic E-state index is 11.9. The summed E-state index contributed by atoms with van der Waals surface area (Å²) in [6.07, 6.45) is 9.42. The van der Waals surface area contributed by atoms with Crippen LogP contribution in [0.1, 0.15) is 65.2 Å². The van der Waals surface area contributed by atoms with Crippen molar-refractivity contribution in [2.75, 3.05) is 20.3 Å². The first-order valence-corrected chi connectivity index (χ1v) is 8.07. The van der Waals surface area contributed by atoms with Gasteiger partial charge in [0.05, 0.1) is 13.2 Å². The number of nitrogens with one attached hydrogen (secondary N) is 1. The topological polar surface area (TPSA) is 47.6 Å². The van der Waals surface area contributed by atoms with Crippen LogP contribution in [-0.2, 0) is 14.3 Å². The monoisotopic (exact) mass is 285 g/mol. The van der Waals surface area contributed by atoms with Gasteiger partial charge in [0.15, 0.2) is 0 Å². The van der Waals surface area contributed by atoms with Gasteiger partial charge in [-0.3, -0.25) is 4.79 Å². The summed E-state index contributed by atoms with van der Waals surface area (Å²) in [5.74, 6) is -0.177. The maximum absolute atomic E-state index is 11.9. The Kier molecular flexibility index (Phi) is 8.15. The molecule has 0 spiro atoms. The van der Waals surface area contributed by atoms with E-state index >= 15 is 0 Å². The second-order valence-corrected chi connectivity index (χ2v) is 5.98. The molecule has 118 valence electrons. The number of rotatable bonds is 9. The van der Waals surface area contributed by atoms with Crippen LogP contribution in [0.3, 0.4) is 0 Å². The molecule has 4 heteroatoms. The highest BCUT2D eigenvalue weighted by Gasteiger charge is 2.32. The van der Waals surface area contributed by atoms with Gasteiger partial charge < -0.3 is 14.8 Å². The molecule has 0 heterocycles. The minimum absolute atomic E-state index is 0.177. The molecule has 1 saturated carbocycles. The summed E-state index contributed by atoms with van der Waals surface area (Å²) >= 11 is 0. The molecule has 1 fully saturated rings. The Morgan fingerprint density at radius 3 is 2.60 bits per heavy atom. The summed E-state index contributed by atoms with van der Waals surface area (Å²) in [4.78, 5) is 11.9. The minimum atomic E-state index is -0.583. The Balaban J connectivity index is 2.28. The van der Waals surface area contributed by atoms with Gasteiger partial charge >= 0.3 is 5.97 Å². The van der Waals surface area contributed by atoms with Gasteiger partial charge in [-0.25, -0.2) is 0 Å². The Morgan fingerprint density at radius 2 is 2.00 bits per heavy atom. The zero-order valence-electron chi connectivity index (χ0n) is 13.4. The van der Waals surface area contributed by atoms with Crippen molar-refractivity contribution in [2.24, 2.45) is 0 Å². The van der Waals surface area contributed by atoms with E-state index in [1.807, 2.05) is 6.92 Å². The van der Waals surface area contributed by atoms with Gasteiger partial charge in [-0.15, -0.1) is 0 Å². The lowest BCUT2D eigenvalue weighted by Crippen LogP contribution is -2.50. The molecule has 0 aromatic heterocycles. The van der Waals surface area contributed by atoms with Crippen LogP contribution in [0.4, 0.5) is 0 Å². The molecular formula is C16H31NO3. The molecule has 4 nitrogen and oxygen atoms in total. The van der Waals surface area contributed by atoms with Gasteiger partial charge in [0.1, 0.15) is 5.54 Å². The number of carbonyl (C=O) groups excluding carboxylic acids is 1. The number of esters is 1. The Labute approximate surface area is 123 Å². The highest BCUT2D eigenvalue weighted by atomic mass is 16.5. The Hall–Kier alpha value is -0.610. The van der Waals surface area contributed by atoms with E-state index in [-0.39, 0.29) is 5.97 Å². The van der Waals surface area contributed by atoms with E-state index < -0.39 is 5.54 Å². The van der Waals surface area contributed by atoms with E-state index in [0.29, 0.717) is 6.10 Å². The SMILES string of the molecule is CCCNC(C)(CCCOC1CCCCC1)C(=O)OC. The van der Waals surface area contributed by atoms with Gasteiger partial charge in [-0.2, -0.15) is 0 Å². The van der Waals surface area contributed by atoms with E-state index in [1.165, 1.54) is 39.2 Å². The average Bonchev–Trinajstić information content (AvgIpc) is 2.49. The van der Waals surface area contributed by atoms with Crippen molar-refractivity contribution >= 4 is 5.97 Å². The van der Waals surface area contributed by atoms with Crippen LogP contribution >= 0.6 is 0 Å². The molecule has 1 rings (SSSR count). The van der Waals surface area contributed by atoms with Crippen LogP contribution < -0.4 is 5.32 Å².